The highest BCUT2D eigenvalue weighted by Crippen LogP contribution is 2.17. The largest absolute Gasteiger partial charge is 0.361 e. The van der Waals surface area contributed by atoms with Crippen molar-refractivity contribution in [3.05, 3.63) is 36.0 Å². The average molecular weight is 187 g/mol. The molecule has 2 rings (SSSR count). The van der Waals surface area contributed by atoms with Gasteiger partial charge in [-0.2, -0.15) is 0 Å². The van der Waals surface area contributed by atoms with Crippen molar-refractivity contribution in [2.45, 2.75) is 6.42 Å². The van der Waals surface area contributed by atoms with Crippen LogP contribution in [0.1, 0.15) is 5.56 Å². The van der Waals surface area contributed by atoms with Gasteiger partial charge in [0.15, 0.2) is 0 Å². The number of hydrogen-bond acceptors (Lipinski definition) is 1. The molecule has 0 atom stereocenters. The van der Waals surface area contributed by atoms with Crippen LogP contribution in [0.4, 0.5) is 0 Å². The molecule has 1 aromatic carbocycles. The standard InChI is InChI=1S/C12H15N2/c1-14(2)9-7-10-4-3-5-12-11(10)6-8-13-12/h3,5-6,8,13H,7,9H2,1-2H3. The molecular formula is C12H15N2. The molecule has 1 radical (unpaired) electrons. The van der Waals surface area contributed by atoms with Gasteiger partial charge in [0.25, 0.3) is 0 Å². The molecule has 2 aromatic rings. The van der Waals surface area contributed by atoms with Crippen LogP contribution in [0.5, 0.6) is 0 Å². The minimum Gasteiger partial charge on any atom is -0.361 e. The monoisotopic (exact) mass is 187 g/mol. The van der Waals surface area contributed by atoms with E-state index in [-0.39, 0.29) is 0 Å². The summed E-state index contributed by atoms with van der Waals surface area (Å²) < 4.78 is 0. The van der Waals surface area contributed by atoms with Crippen LogP contribution < -0.4 is 0 Å². The molecule has 14 heavy (non-hydrogen) atoms. The number of aromatic nitrogens is 1. The number of aromatic amines is 1. The summed E-state index contributed by atoms with van der Waals surface area (Å²) in [4.78, 5) is 5.41. The molecule has 0 saturated carbocycles. The van der Waals surface area contributed by atoms with Crippen LogP contribution in [0, 0.1) is 6.07 Å². The van der Waals surface area contributed by atoms with E-state index in [2.05, 4.69) is 42.2 Å². The summed E-state index contributed by atoms with van der Waals surface area (Å²) >= 11 is 0. The fraction of sp³-hybridized carbons (Fsp3) is 0.333. The first-order valence-corrected chi connectivity index (χ1v) is 4.89. The second-order valence-corrected chi connectivity index (χ2v) is 3.81. The zero-order valence-electron chi connectivity index (χ0n) is 8.67. The first-order chi connectivity index (χ1) is 6.77. The van der Waals surface area contributed by atoms with E-state index in [1.54, 1.807) is 0 Å². The minimum absolute atomic E-state index is 1.06. The predicted molar refractivity (Wildman–Crippen MR) is 59.4 cm³/mol. The van der Waals surface area contributed by atoms with Gasteiger partial charge in [-0.3, -0.25) is 0 Å². The van der Waals surface area contributed by atoms with Crippen LogP contribution in [0.15, 0.2) is 24.4 Å². The van der Waals surface area contributed by atoms with E-state index >= 15 is 0 Å². The number of nitrogens with one attached hydrogen (secondary N) is 1. The van der Waals surface area contributed by atoms with Crippen LogP contribution in [0.3, 0.4) is 0 Å². The van der Waals surface area contributed by atoms with Crippen LogP contribution in [-0.2, 0) is 6.42 Å². The van der Waals surface area contributed by atoms with Gasteiger partial charge < -0.3 is 9.88 Å². The minimum atomic E-state index is 1.06. The molecule has 1 aromatic heterocycles. The molecule has 1 N–H and O–H groups in total. The summed E-state index contributed by atoms with van der Waals surface area (Å²) in [7, 11) is 4.19. The number of nitrogens with zero attached hydrogens (tertiary/aromatic N) is 1. The van der Waals surface area contributed by atoms with E-state index < -0.39 is 0 Å². The Morgan fingerprint density at radius 1 is 1.36 bits per heavy atom. The Hall–Kier alpha value is -1.28. The van der Waals surface area contributed by atoms with Gasteiger partial charge in [-0.05, 0) is 44.3 Å². The Kier molecular flexibility index (Phi) is 2.55. The molecule has 0 unspecified atom stereocenters. The summed E-state index contributed by atoms with van der Waals surface area (Å²) in [5, 5.41) is 1.30. The second-order valence-electron chi connectivity index (χ2n) is 3.81. The molecule has 0 bridgehead atoms. The van der Waals surface area contributed by atoms with Gasteiger partial charge in [-0.1, -0.05) is 6.07 Å². The number of hydrogen-bond donors (Lipinski definition) is 1. The van der Waals surface area contributed by atoms with Crippen LogP contribution in [0.25, 0.3) is 10.9 Å². The van der Waals surface area contributed by atoms with Gasteiger partial charge in [-0.25, -0.2) is 0 Å². The fourth-order valence-corrected chi connectivity index (χ4v) is 1.63. The molecule has 0 amide bonds. The van der Waals surface area contributed by atoms with Gasteiger partial charge in [0.1, 0.15) is 0 Å². The maximum atomic E-state index is 3.31. The topological polar surface area (TPSA) is 19.0 Å². The summed E-state index contributed by atoms with van der Waals surface area (Å²) in [6, 6.07) is 9.48. The predicted octanol–water partition coefficient (Wildman–Crippen LogP) is 2.07. The quantitative estimate of drug-likeness (QED) is 0.779. The van der Waals surface area contributed by atoms with Crippen molar-refractivity contribution in [1.29, 1.82) is 0 Å². The molecule has 2 nitrogen and oxygen atoms in total. The van der Waals surface area contributed by atoms with Crippen LogP contribution in [-0.4, -0.2) is 30.5 Å². The summed E-state index contributed by atoms with van der Waals surface area (Å²) in [5.41, 5.74) is 2.51. The highest BCUT2D eigenvalue weighted by molar-refractivity contribution is 5.82. The summed E-state index contributed by atoms with van der Waals surface area (Å²) in [6.07, 6.45) is 3.04. The van der Waals surface area contributed by atoms with E-state index in [0.29, 0.717) is 0 Å². The lowest BCUT2D eigenvalue weighted by molar-refractivity contribution is 0.414. The van der Waals surface area contributed by atoms with Gasteiger partial charge >= 0.3 is 0 Å². The van der Waals surface area contributed by atoms with Crippen molar-refractivity contribution in [2.24, 2.45) is 0 Å². The average Bonchev–Trinajstić information content (AvgIpc) is 2.62. The van der Waals surface area contributed by atoms with Crippen molar-refractivity contribution in [3.63, 3.8) is 0 Å². The Balaban J connectivity index is 2.27. The summed E-state index contributed by atoms with van der Waals surface area (Å²) in [6.45, 7) is 1.07. The van der Waals surface area contributed by atoms with Crippen molar-refractivity contribution < 1.29 is 0 Å². The van der Waals surface area contributed by atoms with Gasteiger partial charge in [0.2, 0.25) is 0 Å². The van der Waals surface area contributed by atoms with E-state index in [9.17, 15) is 0 Å². The van der Waals surface area contributed by atoms with Crippen molar-refractivity contribution in [1.82, 2.24) is 9.88 Å². The highest BCUT2D eigenvalue weighted by Gasteiger charge is 2.01. The lowest BCUT2D eigenvalue weighted by Crippen LogP contribution is -2.15. The van der Waals surface area contributed by atoms with E-state index in [1.165, 1.54) is 16.5 Å². The van der Waals surface area contributed by atoms with E-state index in [4.69, 9.17) is 0 Å². The lowest BCUT2D eigenvalue weighted by Gasteiger charge is -2.09. The summed E-state index contributed by atoms with van der Waals surface area (Å²) in [5.74, 6) is 0. The number of rotatable bonds is 3. The zero-order valence-corrected chi connectivity index (χ0v) is 8.67. The van der Waals surface area contributed by atoms with Crippen molar-refractivity contribution >= 4 is 10.9 Å². The van der Waals surface area contributed by atoms with E-state index in [1.807, 2.05) is 12.3 Å². The number of H-pyrrole nitrogens is 1. The number of fused-ring (bicyclic) bond motifs is 1. The molecule has 0 aliphatic rings. The Bertz CT molecular complexity index is 415. The molecule has 1 heterocycles. The smallest absolute Gasteiger partial charge is 0.0457 e. The van der Waals surface area contributed by atoms with Crippen LogP contribution >= 0.6 is 0 Å². The third-order valence-corrected chi connectivity index (χ3v) is 2.42. The van der Waals surface area contributed by atoms with Crippen molar-refractivity contribution in [3.8, 4) is 0 Å². The zero-order chi connectivity index (χ0) is 9.97. The Morgan fingerprint density at radius 3 is 3.00 bits per heavy atom. The van der Waals surface area contributed by atoms with Crippen molar-refractivity contribution in [2.75, 3.05) is 20.6 Å². The normalized spacial score (nSPS) is 11.4. The molecule has 0 fully saturated rings. The van der Waals surface area contributed by atoms with Gasteiger partial charge in [-0.15, -0.1) is 0 Å². The van der Waals surface area contributed by atoms with Crippen LogP contribution in [0.2, 0.25) is 0 Å². The molecule has 0 saturated heterocycles. The third kappa shape index (κ3) is 1.80. The molecule has 2 heteroatoms. The first-order valence-electron chi connectivity index (χ1n) is 4.89. The fourth-order valence-electron chi connectivity index (χ4n) is 1.63. The maximum Gasteiger partial charge on any atom is 0.0457 e. The first kappa shape index (κ1) is 9.28. The number of benzene rings is 1. The molecule has 0 spiro atoms. The van der Waals surface area contributed by atoms with E-state index in [0.717, 1.165) is 13.0 Å². The maximum absolute atomic E-state index is 3.31. The number of likely N-dealkylation sites (N-methyl/N-ethyl adjacent to an activating group) is 1. The molecule has 0 aliphatic heterocycles. The third-order valence-electron chi connectivity index (χ3n) is 2.42. The lowest BCUT2D eigenvalue weighted by atomic mass is 10.1. The molecule has 73 valence electrons. The molecule has 0 aliphatic carbocycles. The highest BCUT2D eigenvalue weighted by atomic mass is 15.0. The van der Waals surface area contributed by atoms with Gasteiger partial charge in [0, 0.05) is 23.6 Å². The Labute approximate surface area is 84.5 Å². The SMILES string of the molecule is CN(C)CCc1[c]ccc2[nH]ccc12. The second kappa shape index (κ2) is 3.84. The van der Waals surface area contributed by atoms with Gasteiger partial charge in [0.05, 0.1) is 0 Å². The Morgan fingerprint density at radius 2 is 2.21 bits per heavy atom. The molecular weight excluding hydrogens is 172 g/mol.